The van der Waals surface area contributed by atoms with Gasteiger partial charge in [-0.15, -0.1) is 0 Å². The van der Waals surface area contributed by atoms with Gasteiger partial charge < -0.3 is 4.74 Å². The van der Waals surface area contributed by atoms with Gasteiger partial charge in [-0.3, -0.25) is 0 Å². The Labute approximate surface area is 73.1 Å². The van der Waals surface area contributed by atoms with Gasteiger partial charge in [0, 0.05) is 0 Å². The monoisotopic (exact) mass is 188 g/mol. The summed E-state index contributed by atoms with van der Waals surface area (Å²) in [5.41, 5.74) is 0.588. The highest BCUT2D eigenvalue weighted by atomic mass is 19.4. The Morgan fingerprint density at radius 2 is 1.69 bits per heavy atom. The lowest BCUT2D eigenvalue weighted by molar-refractivity contribution is -0.146. The number of epoxide rings is 1. The SMILES string of the molecule is FC(F)(F)[C@@H]1O[C@H]1c1ccccc1. The van der Waals surface area contributed by atoms with Gasteiger partial charge in [-0.2, -0.15) is 13.2 Å². The van der Waals surface area contributed by atoms with Crippen molar-refractivity contribution in [2.24, 2.45) is 0 Å². The molecule has 0 unspecified atom stereocenters. The average molecular weight is 188 g/mol. The predicted octanol–water partition coefficient (Wildman–Crippen LogP) is 2.69. The summed E-state index contributed by atoms with van der Waals surface area (Å²) in [4.78, 5) is 0. The van der Waals surface area contributed by atoms with Gasteiger partial charge in [0.2, 0.25) is 0 Å². The third-order valence-corrected chi connectivity index (χ3v) is 1.94. The topological polar surface area (TPSA) is 12.5 Å². The first kappa shape index (κ1) is 8.56. The molecule has 0 saturated carbocycles. The zero-order chi connectivity index (χ0) is 9.47. The van der Waals surface area contributed by atoms with Crippen molar-refractivity contribution >= 4 is 0 Å². The molecule has 1 saturated heterocycles. The number of hydrogen-bond acceptors (Lipinski definition) is 1. The molecule has 0 N–H and O–H groups in total. The molecule has 1 heterocycles. The van der Waals surface area contributed by atoms with Crippen LogP contribution in [0.5, 0.6) is 0 Å². The Kier molecular flexibility index (Phi) is 1.80. The number of hydrogen-bond donors (Lipinski definition) is 0. The van der Waals surface area contributed by atoms with Crippen LogP contribution in [0.25, 0.3) is 0 Å². The molecule has 0 spiro atoms. The van der Waals surface area contributed by atoms with Gasteiger partial charge in [-0.05, 0) is 5.56 Å². The second kappa shape index (κ2) is 2.73. The molecular formula is C9H7F3O. The quantitative estimate of drug-likeness (QED) is 0.617. The van der Waals surface area contributed by atoms with Gasteiger partial charge in [-0.25, -0.2) is 0 Å². The molecule has 1 nitrogen and oxygen atoms in total. The number of alkyl halides is 3. The second-order valence-corrected chi connectivity index (χ2v) is 2.93. The molecule has 0 amide bonds. The van der Waals surface area contributed by atoms with E-state index in [1.54, 1.807) is 30.3 Å². The van der Waals surface area contributed by atoms with Crippen molar-refractivity contribution in [3.8, 4) is 0 Å². The maximum atomic E-state index is 12.1. The van der Waals surface area contributed by atoms with Crippen LogP contribution in [0.15, 0.2) is 30.3 Å². The third-order valence-electron chi connectivity index (χ3n) is 1.94. The van der Waals surface area contributed by atoms with E-state index >= 15 is 0 Å². The van der Waals surface area contributed by atoms with Crippen molar-refractivity contribution in [3.63, 3.8) is 0 Å². The molecule has 0 radical (unpaired) electrons. The molecule has 1 aromatic rings. The summed E-state index contributed by atoms with van der Waals surface area (Å²) in [7, 11) is 0. The van der Waals surface area contributed by atoms with Gasteiger partial charge in [0.15, 0.2) is 6.10 Å². The van der Waals surface area contributed by atoms with E-state index in [1.807, 2.05) is 0 Å². The van der Waals surface area contributed by atoms with Gasteiger partial charge in [-0.1, -0.05) is 30.3 Å². The lowest BCUT2D eigenvalue weighted by atomic mass is 10.1. The van der Waals surface area contributed by atoms with Crippen LogP contribution in [0.4, 0.5) is 13.2 Å². The van der Waals surface area contributed by atoms with Gasteiger partial charge in [0.1, 0.15) is 6.10 Å². The molecule has 1 aliphatic rings. The summed E-state index contributed by atoms with van der Waals surface area (Å²) in [6.45, 7) is 0. The first-order valence-corrected chi connectivity index (χ1v) is 3.86. The van der Waals surface area contributed by atoms with Crippen LogP contribution in [-0.4, -0.2) is 12.3 Å². The van der Waals surface area contributed by atoms with Gasteiger partial charge in [0.25, 0.3) is 0 Å². The van der Waals surface area contributed by atoms with Gasteiger partial charge >= 0.3 is 6.18 Å². The van der Waals surface area contributed by atoms with E-state index in [0.29, 0.717) is 5.56 Å². The fourth-order valence-electron chi connectivity index (χ4n) is 1.26. The summed E-state index contributed by atoms with van der Waals surface area (Å²) < 4.78 is 40.7. The van der Waals surface area contributed by atoms with Crippen LogP contribution in [0.1, 0.15) is 11.7 Å². The smallest absolute Gasteiger partial charge is 0.355 e. The van der Waals surface area contributed by atoms with Crippen molar-refractivity contribution in [1.29, 1.82) is 0 Å². The molecule has 1 aliphatic heterocycles. The maximum Gasteiger partial charge on any atom is 0.417 e. The average Bonchev–Trinajstić information content (AvgIpc) is 2.83. The van der Waals surface area contributed by atoms with Crippen molar-refractivity contribution < 1.29 is 17.9 Å². The molecule has 70 valence electrons. The summed E-state index contributed by atoms with van der Waals surface area (Å²) >= 11 is 0. The first-order valence-electron chi connectivity index (χ1n) is 3.86. The van der Waals surface area contributed by atoms with E-state index < -0.39 is 18.4 Å². The molecule has 2 rings (SSSR count). The number of rotatable bonds is 1. The minimum absolute atomic E-state index is 0.588. The van der Waals surface area contributed by atoms with Crippen LogP contribution in [-0.2, 0) is 4.74 Å². The van der Waals surface area contributed by atoms with E-state index in [4.69, 9.17) is 0 Å². The molecule has 4 heteroatoms. The zero-order valence-corrected chi connectivity index (χ0v) is 6.58. The number of ether oxygens (including phenoxy) is 1. The van der Waals surface area contributed by atoms with Crippen LogP contribution >= 0.6 is 0 Å². The van der Waals surface area contributed by atoms with Crippen LogP contribution < -0.4 is 0 Å². The highest BCUT2D eigenvalue weighted by Crippen LogP contribution is 2.47. The molecular weight excluding hydrogens is 181 g/mol. The minimum Gasteiger partial charge on any atom is -0.355 e. The maximum absolute atomic E-state index is 12.1. The fraction of sp³-hybridized carbons (Fsp3) is 0.333. The Bertz CT molecular complexity index is 293. The van der Waals surface area contributed by atoms with Crippen molar-refractivity contribution in [2.75, 3.05) is 0 Å². The fourth-order valence-corrected chi connectivity index (χ4v) is 1.26. The van der Waals surface area contributed by atoms with E-state index in [0.717, 1.165) is 0 Å². The highest BCUT2D eigenvalue weighted by molar-refractivity contribution is 5.22. The Hall–Kier alpha value is -1.03. The third kappa shape index (κ3) is 1.67. The molecule has 0 bridgehead atoms. The highest BCUT2D eigenvalue weighted by Gasteiger charge is 2.58. The minimum atomic E-state index is -4.24. The summed E-state index contributed by atoms with van der Waals surface area (Å²) in [5, 5.41) is 0. The van der Waals surface area contributed by atoms with Crippen LogP contribution in [0.3, 0.4) is 0 Å². The number of halogens is 3. The molecule has 1 fully saturated rings. The number of benzene rings is 1. The Morgan fingerprint density at radius 1 is 1.08 bits per heavy atom. The van der Waals surface area contributed by atoms with E-state index in [-0.39, 0.29) is 0 Å². The first-order chi connectivity index (χ1) is 6.09. The largest absolute Gasteiger partial charge is 0.417 e. The van der Waals surface area contributed by atoms with Crippen molar-refractivity contribution in [2.45, 2.75) is 18.4 Å². The molecule has 0 aliphatic carbocycles. The second-order valence-electron chi connectivity index (χ2n) is 2.93. The van der Waals surface area contributed by atoms with Gasteiger partial charge in [0.05, 0.1) is 0 Å². The lowest BCUT2D eigenvalue weighted by Crippen LogP contribution is -2.16. The molecule has 0 aromatic heterocycles. The normalized spacial score (nSPS) is 27.3. The summed E-state index contributed by atoms with van der Waals surface area (Å²) in [6.07, 6.45) is -6.63. The Balaban J connectivity index is 2.09. The zero-order valence-electron chi connectivity index (χ0n) is 6.58. The molecule has 13 heavy (non-hydrogen) atoms. The van der Waals surface area contributed by atoms with E-state index in [9.17, 15) is 13.2 Å². The molecule has 2 atom stereocenters. The van der Waals surface area contributed by atoms with Crippen molar-refractivity contribution in [3.05, 3.63) is 35.9 Å². The Morgan fingerprint density at radius 3 is 2.15 bits per heavy atom. The predicted molar refractivity (Wildman–Crippen MR) is 40.1 cm³/mol. The lowest BCUT2D eigenvalue weighted by Gasteiger charge is -2.00. The summed E-state index contributed by atoms with van der Waals surface area (Å²) in [6, 6.07) is 8.43. The van der Waals surface area contributed by atoms with Crippen LogP contribution in [0.2, 0.25) is 0 Å². The summed E-state index contributed by atoms with van der Waals surface area (Å²) in [5.74, 6) is 0. The van der Waals surface area contributed by atoms with Crippen LogP contribution in [0, 0.1) is 0 Å². The molecule has 1 aromatic carbocycles. The standard InChI is InChI=1S/C9H7F3O/c10-9(11,12)8-7(13-8)6-4-2-1-3-5-6/h1-5,7-8H/t7-,8+/m0/s1. The van der Waals surface area contributed by atoms with Crippen molar-refractivity contribution in [1.82, 2.24) is 0 Å². The van der Waals surface area contributed by atoms with E-state index in [2.05, 4.69) is 4.74 Å². The van der Waals surface area contributed by atoms with E-state index in [1.165, 1.54) is 0 Å².